The third-order valence-corrected chi connectivity index (χ3v) is 3.18. The van der Waals surface area contributed by atoms with Crippen LogP contribution in [0.3, 0.4) is 0 Å². The molecule has 1 aromatic rings. The Morgan fingerprint density at radius 2 is 2.11 bits per heavy atom. The SMILES string of the molecule is CC(N)CC(=O)Nc1cccc2c1CCCC2.Cl. The molecule has 18 heavy (non-hydrogen) atoms. The Morgan fingerprint density at radius 3 is 2.83 bits per heavy atom. The van der Waals surface area contributed by atoms with E-state index in [4.69, 9.17) is 5.73 Å². The number of fused-ring (bicyclic) bond motifs is 1. The summed E-state index contributed by atoms with van der Waals surface area (Å²) in [6, 6.07) is 6.08. The fourth-order valence-corrected chi connectivity index (χ4v) is 2.39. The van der Waals surface area contributed by atoms with Crippen LogP contribution in [0.5, 0.6) is 0 Å². The van der Waals surface area contributed by atoms with Crippen LogP contribution in [-0.2, 0) is 17.6 Å². The first-order valence-corrected chi connectivity index (χ1v) is 6.33. The molecule has 1 aromatic carbocycles. The van der Waals surface area contributed by atoms with Gasteiger partial charge in [-0.3, -0.25) is 4.79 Å². The summed E-state index contributed by atoms with van der Waals surface area (Å²) >= 11 is 0. The molecule has 1 amide bonds. The normalized spacial score (nSPS) is 15.2. The van der Waals surface area contributed by atoms with Crippen LogP contribution in [0.15, 0.2) is 18.2 Å². The predicted octanol–water partition coefficient (Wildman–Crippen LogP) is 2.66. The van der Waals surface area contributed by atoms with E-state index in [1.54, 1.807) is 0 Å². The van der Waals surface area contributed by atoms with E-state index >= 15 is 0 Å². The summed E-state index contributed by atoms with van der Waals surface area (Å²) in [4.78, 5) is 11.7. The summed E-state index contributed by atoms with van der Waals surface area (Å²) in [7, 11) is 0. The molecule has 4 heteroatoms. The van der Waals surface area contributed by atoms with Crippen LogP contribution < -0.4 is 11.1 Å². The van der Waals surface area contributed by atoms with Gasteiger partial charge in [-0.15, -0.1) is 12.4 Å². The minimum Gasteiger partial charge on any atom is -0.327 e. The summed E-state index contributed by atoms with van der Waals surface area (Å²) in [6.45, 7) is 1.85. The maximum Gasteiger partial charge on any atom is 0.225 e. The highest BCUT2D eigenvalue weighted by atomic mass is 35.5. The van der Waals surface area contributed by atoms with Crippen molar-refractivity contribution in [2.75, 3.05) is 5.32 Å². The average Bonchev–Trinajstić information content (AvgIpc) is 2.28. The maximum atomic E-state index is 11.7. The molecule has 0 heterocycles. The van der Waals surface area contributed by atoms with Gasteiger partial charge in [-0.2, -0.15) is 0 Å². The first kappa shape index (κ1) is 15.0. The Balaban J connectivity index is 0.00000162. The van der Waals surface area contributed by atoms with E-state index in [-0.39, 0.29) is 24.4 Å². The van der Waals surface area contributed by atoms with E-state index in [0.29, 0.717) is 6.42 Å². The van der Waals surface area contributed by atoms with Crippen LogP contribution in [0.1, 0.15) is 37.3 Å². The minimum atomic E-state index is -0.0884. The van der Waals surface area contributed by atoms with Gasteiger partial charge in [-0.25, -0.2) is 0 Å². The molecule has 0 aromatic heterocycles. The summed E-state index contributed by atoms with van der Waals surface area (Å²) in [5, 5.41) is 2.98. The monoisotopic (exact) mass is 268 g/mol. The number of halogens is 1. The Hall–Kier alpha value is -1.06. The molecule has 3 N–H and O–H groups in total. The highest BCUT2D eigenvalue weighted by molar-refractivity contribution is 5.92. The van der Waals surface area contributed by atoms with Gasteiger partial charge in [0.05, 0.1) is 0 Å². The van der Waals surface area contributed by atoms with Gasteiger partial charge < -0.3 is 11.1 Å². The Labute approximate surface area is 115 Å². The molecule has 0 radical (unpaired) electrons. The van der Waals surface area contributed by atoms with E-state index in [1.807, 2.05) is 19.1 Å². The molecule has 1 unspecified atom stereocenters. The van der Waals surface area contributed by atoms with Crippen LogP contribution in [0.4, 0.5) is 5.69 Å². The number of amides is 1. The number of carbonyl (C=O) groups is 1. The van der Waals surface area contributed by atoms with Crippen molar-refractivity contribution >= 4 is 24.0 Å². The number of carbonyl (C=O) groups excluding carboxylic acids is 1. The number of benzene rings is 1. The molecule has 0 fully saturated rings. The Bertz CT molecular complexity index is 418. The molecule has 1 atom stereocenters. The average molecular weight is 269 g/mol. The number of nitrogens with one attached hydrogen (secondary N) is 1. The molecule has 100 valence electrons. The number of nitrogens with two attached hydrogens (primary N) is 1. The van der Waals surface area contributed by atoms with Crippen molar-refractivity contribution in [1.29, 1.82) is 0 Å². The number of rotatable bonds is 3. The Morgan fingerprint density at radius 1 is 1.39 bits per heavy atom. The van der Waals surface area contributed by atoms with Crippen molar-refractivity contribution in [3.8, 4) is 0 Å². The van der Waals surface area contributed by atoms with Crippen LogP contribution >= 0.6 is 12.4 Å². The summed E-state index contributed by atoms with van der Waals surface area (Å²) in [5.74, 6) is 0.0129. The molecule has 1 aliphatic carbocycles. The van der Waals surface area contributed by atoms with E-state index in [9.17, 15) is 4.79 Å². The fraction of sp³-hybridized carbons (Fsp3) is 0.500. The molecule has 0 saturated carbocycles. The number of anilines is 1. The highest BCUT2D eigenvalue weighted by Crippen LogP contribution is 2.27. The van der Waals surface area contributed by atoms with Gasteiger partial charge in [0.2, 0.25) is 5.91 Å². The zero-order valence-corrected chi connectivity index (χ0v) is 11.6. The van der Waals surface area contributed by atoms with Gasteiger partial charge in [0.25, 0.3) is 0 Å². The molecular formula is C14H21ClN2O. The van der Waals surface area contributed by atoms with Gasteiger partial charge >= 0.3 is 0 Å². The first-order chi connectivity index (χ1) is 8.16. The quantitative estimate of drug-likeness (QED) is 0.886. The summed E-state index contributed by atoms with van der Waals surface area (Å²) in [5.41, 5.74) is 9.30. The van der Waals surface area contributed by atoms with Crippen molar-refractivity contribution < 1.29 is 4.79 Å². The van der Waals surface area contributed by atoms with Crippen molar-refractivity contribution in [1.82, 2.24) is 0 Å². The standard InChI is InChI=1S/C14H20N2O.ClH/c1-10(15)9-14(17)16-13-8-4-6-11-5-2-3-7-12(11)13;/h4,6,8,10H,2-3,5,7,9,15H2,1H3,(H,16,17);1H. The van der Waals surface area contributed by atoms with Crippen LogP contribution in [0.25, 0.3) is 0 Å². The molecule has 0 spiro atoms. The first-order valence-electron chi connectivity index (χ1n) is 6.33. The molecular weight excluding hydrogens is 248 g/mol. The maximum absolute atomic E-state index is 11.7. The highest BCUT2D eigenvalue weighted by Gasteiger charge is 2.14. The van der Waals surface area contributed by atoms with Crippen molar-refractivity contribution in [3.63, 3.8) is 0 Å². The van der Waals surface area contributed by atoms with Crippen LogP contribution in [0.2, 0.25) is 0 Å². The van der Waals surface area contributed by atoms with Crippen molar-refractivity contribution in [3.05, 3.63) is 29.3 Å². The molecule has 0 saturated heterocycles. The third kappa shape index (κ3) is 3.72. The second-order valence-corrected chi connectivity index (χ2v) is 4.88. The third-order valence-electron chi connectivity index (χ3n) is 3.18. The lowest BCUT2D eigenvalue weighted by Crippen LogP contribution is -2.24. The summed E-state index contributed by atoms with van der Waals surface area (Å²) < 4.78 is 0. The van der Waals surface area contributed by atoms with E-state index in [2.05, 4.69) is 11.4 Å². The van der Waals surface area contributed by atoms with Gasteiger partial charge in [0.1, 0.15) is 0 Å². The lowest BCUT2D eigenvalue weighted by Gasteiger charge is -2.19. The summed E-state index contributed by atoms with van der Waals surface area (Å²) in [6.07, 6.45) is 5.05. The molecule has 1 aliphatic rings. The second kappa shape index (κ2) is 6.76. The molecule has 3 nitrogen and oxygen atoms in total. The van der Waals surface area contributed by atoms with Gasteiger partial charge in [-0.1, -0.05) is 12.1 Å². The smallest absolute Gasteiger partial charge is 0.225 e. The van der Waals surface area contributed by atoms with Gasteiger partial charge in [0, 0.05) is 18.2 Å². The fourth-order valence-electron chi connectivity index (χ4n) is 2.39. The van der Waals surface area contributed by atoms with Crippen molar-refractivity contribution in [2.24, 2.45) is 5.73 Å². The number of hydrogen-bond acceptors (Lipinski definition) is 2. The molecule has 0 bridgehead atoms. The van der Waals surface area contributed by atoms with Gasteiger partial charge in [0.15, 0.2) is 0 Å². The van der Waals surface area contributed by atoms with Gasteiger partial charge in [-0.05, 0) is 49.8 Å². The van der Waals surface area contributed by atoms with Crippen LogP contribution in [-0.4, -0.2) is 11.9 Å². The van der Waals surface area contributed by atoms with E-state index < -0.39 is 0 Å². The lowest BCUT2D eigenvalue weighted by atomic mass is 9.90. The Kier molecular flexibility index (Phi) is 5.63. The van der Waals surface area contributed by atoms with Crippen LogP contribution in [0, 0.1) is 0 Å². The zero-order chi connectivity index (χ0) is 12.3. The molecule has 0 aliphatic heterocycles. The number of aryl methyl sites for hydroxylation is 1. The molecule has 2 rings (SSSR count). The van der Waals surface area contributed by atoms with E-state index in [0.717, 1.165) is 18.5 Å². The second-order valence-electron chi connectivity index (χ2n) is 4.88. The zero-order valence-electron chi connectivity index (χ0n) is 10.7. The van der Waals surface area contributed by atoms with Crippen molar-refractivity contribution in [2.45, 2.75) is 45.1 Å². The minimum absolute atomic E-state index is 0. The van der Waals surface area contributed by atoms with E-state index in [1.165, 1.54) is 24.0 Å². The predicted molar refractivity (Wildman–Crippen MR) is 77.2 cm³/mol. The topological polar surface area (TPSA) is 55.1 Å². The lowest BCUT2D eigenvalue weighted by molar-refractivity contribution is -0.116. The number of hydrogen-bond donors (Lipinski definition) is 2. The largest absolute Gasteiger partial charge is 0.327 e.